The first kappa shape index (κ1) is 11.5. The molecule has 0 aliphatic heterocycles. The zero-order chi connectivity index (χ0) is 12.3. The largest absolute Gasteiger partial charge is 0.300 e. The first-order valence-electron chi connectivity index (χ1n) is 5.54. The molecule has 1 aromatic carbocycles. The lowest BCUT2D eigenvalue weighted by atomic mass is 10.1. The number of rotatable bonds is 4. The zero-order valence-corrected chi connectivity index (χ0v) is 9.56. The number of aldehydes is 1. The average molecular weight is 232 g/mol. The molecule has 0 N–H and O–H groups in total. The molecule has 0 aliphatic rings. The second kappa shape index (κ2) is 4.91. The highest BCUT2D eigenvalue weighted by Crippen LogP contribution is 2.19. The molecule has 2 aromatic rings. The van der Waals surface area contributed by atoms with Gasteiger partial charge in [0.05, 0.1) is 5.69 Å². The number of nitrogens with zero attached hydrogens (tertiary/aromatic N) is 2. The zero-order valence-electron chi connectivity index (χ0n) is 9.56. The molecule has 4 heteroatoms. The summed E-state index contributed by atoms with van der Waals surface area (Å²) in [6, 6.07) is 4.47. The second-order valence-corrected chi connectivity index (χ2v) is 3.76. The number of benzene rings is 1. The Balaban J connectivity index is 2.59. The third-order valence-corrected chi connectivity index (χ3v) is 2.58. The van der Waals surface area contributed by atoms with Gasteiger partial charge in [-0.3, -0.25) is 4.79 Å². The molecule has 0 atom stereocenters. The van der Waals surface area contributed by atoms with Gasteiger partial charge in [-0.1, -0.05) is 13.0 Å². The van der Waals surface area contributed by atoms with Crippen LogP contribution in [-0.4, -0.2) is 15.8 Å². The summed E-state index contributed by atoms with van der Waals surface area (Å²) in [6.07, 6.45) is 5.62. The number of imidazole rings is 1. The Kier molecular flexibility index (Phi) is 3.32. The van der Waals surface area contributed by atoms with Crippen LogP contribution in [0.5, 0.6) is 0 Å². The first-order chi connectivity index (χ1) is 8.27. The second-order valence-electron chi connectivity index (χ2n) is 3.76. The monoisotopic (exact) mass is 232 g/mol. The molecule has 1 aromatic heterocycles. The van der Waals surface area contributed by atoms with Crippen molar-refractivity contribution >= 4 is 6.29 Å². The number of hydrogen-bond acceptors (Lipinski definition) is 2. The van der Waals surface area contributed by atoms with Gasteiger partial charge in [-0.25, -0.2) is 9.37 Å². The molecule has 0 fully saturated rings. The smallest absolute Gasteiger partial charge is 0.152 e. The van der Waals surface area contributed by atoms with Gasteiger partial charge in [0.15, 0.2) is 6.29 Å². The highest BCUT2D eigenvalue weighted by atomic mass is 19.1. The van der Waals surface area contributed by atoms with Gasteiger partial charge in [0.2, 0.25) is 0 Å². The third kappa shape index (κ3) is 2.11. The molecule has 1 heterocycles. The first-order valence-corrected chi connectivity index (χ1v) is 5.54. The van der Waals surface area contributed by atoms with Crippen LogP contribution in [0.4, 0.5) is 4.39 Å². The molecule has 17 heavy (non-hydrogen) atoms. The summed E-state index contributed by atoms with van der Waals surface area (Å²) >= 11 is 0. The number of hydrogen-bond donors (Lipinski definition) is 0. The summed E-state index contributed by atoms with van der Waals surface area (Å²) in [6.45, 7) is 2.03. The van der Waals surface area contributed by atoms with Crippen LogP contribution in [-0.2, 0) is 6.42 Å². The molecule has 88 valence electrons. The molecule has 0 amide bonds. The molecule has 0 bridgehead atoms. The summed E-state index contributed by atoms with van der Waals surface area (Å²) in [5, 5.41) is 0. The molecule has 0 unspecified atom stereocenters. The highest BCUT2D eigenvalue weighted by Gasteiger charge is 2.12. The third-order valence-electron chi connectivity index (χ3n) is 2.58. The maximum absolute atomic E-state index is 13.8. The van der Waals surface area contributed by atoms with Crippen LogP contribution >= 0.6 is 0 Å². The Morgan fingerprint density at radius 2 is 2.29 bits per heavy atom. The minimum absolute atomic E-state index is 0.281. The van der Waals surface area contributed by atoms with Crippen LogP contribution in [0.15, 0.2) is 30.6 Å². The Morgan fingerprint density at radius 1 is 1.47 bits per heavy atom. The maximum Gasteiger partial charge on any atom is 0.152 e. The standard InChI is InChI=1S/C13H13FN2O/c1-2-4-12-15-7-8-16(12)13-10(9-17)5-3-6-11(13)14/h3,5-9H,2,4H2,1H3. The molecule has 2 rings (SSSR count). The lowest BCUT2D eigenvalue weighted by Crippen LogP contribution is -2.06. The maximum atomic E-state index is 13.8. The van der Waals surface area contributed by atoms with Gasteiger partial charge in [0.1, 0.15) is 11.6 Å². The van der Waals surface area contributed by atoms with Gasteiger partial charge < -0.3 is 4.57 Å². The molecule has 0 radical (unpaired) electrons. The van der Waals surface area contributed by atoms with Gasteiger partial charge in [0.25, 0.3) is 0 Å². The Bertz CT molecular complexity index is 534. The van der Waals surface area contributed by atoms with E-state index < -0.39 is 5.82 Å². The van der Waals surface area contributed by atoms with Crippen LogP contribution < -0.4 is 0 Å². The van der Waals surface area contributed by atoms with E-state index in [0.29, 0.717) is 11.8 Å². The normalized spacial score (nSPS) is 10.5. The van der Waals surface area contributed by atoms with Crippen molar-refractivity contribution in [3.63, 3.8) is 0 Å². The van der Waals surface area contributed by atoms with E-state index in [-0.39, 0.29) is 5.69 Å². The van der Waals surface area contributed by atoms with E-state index in [4.69, 9.17) is 0 Å². The Labute approximate surface area is 98.9 Å². The summed E-state index contributed by atoms with van der Waals surface area (Å²) in [5.41, 5.74) is 0.615. The van der Waals surface area contributed by atoms with Crippen molar-refractivity contribution in [3.05, 3.63) is 47.8 Å². The number of halogens is 1. The highest BCUT2D eigenvalue weighted by molar-refractivity contribution is 5.81. The van der Waals surface area contributed by atoms with Crippen molar-refractivity contribution in [1.29, 1.82) is 0 Å². The SMILES string of the molecule is CCCc1nccn1-c1c(F)cccc1C=O. The van der Waals surface area contributed by atoms with Gasteiger partial charge in [-0.05, 0) is 18.6 Å². The fraction of sp³-hybridized carbons (Fsp3) is 0.231. The summed E-state index contributed by atoms with van der Waals surface area (Å²) in [5.74, 6) is 0.352. The van der Waals surface area contributed by atoms with Gasteiger partial charge >= 0.3 is 0 Å². The molecular formula is C13H13FN2O. The Hall–Kier alpha value is -1.97. The van der Waals surface area contributed by atoms with E-state index in [1.54, 1.807) is 23.0 Å². The van der Waals surface area contributed by atoms with Crippen molar-refractivity contribution in [1.82, 2.24) is 9.55 Å². The number of carbonyl (C=O) groups is 1. The van der Waals surface area contributed by atoms with Gasteiger partial charge in [0, 0.05) is 24.4 Å². The lowest BCUT2D eigenvalue weighted by molar-refractivity contribution is 0.112. The fourth-order valence-corrected chi connectivity index (χ4v) is 1.83. The van der Waals surface area contributed by atoms with E-state index in [1.807, 2.05) is 6.92 Å². The number of carbonyl (C=O) groups excluding carboxylic acids is 1. The number of aromatic nitrogens is 2. The average Bonchev–Trinajstić information content (AvgIpc) is 2.77. The molecule has 0 saturated carbocycles. The van der Waals surface area contributed by atoms with E-state index >= 15 is 0 Å². The molecular weight excluding hydrogens is 219 g/mol. The summed E-state index contributed by atoms with van der Waals surface area (Å²) in [7, 11) is 0. The van der Waals surface area contributed by atoms with Crippen molar-refractivity contribution in [2.45, 2.75) is 19.8 Å². The van der Waals surface area contributed by atoms with Crippen LogP contribution in [0.1, 0.15) is 29.5 Å². The van der Waals surface area contributed by atoms with E-state index in [9.17, 15) is 9.18 Å². The summed E-state index contributed by atoms with van der Waals surface area (Å²) < 4.78 is 15.5. The fourth-order valence-electron chi connectivity index (χ4n) is 1.83. The summed E-state index contributed by atoms with van der Waals surface area (Å²) in [4.78, 5) is 15.1. The van der Waals surface area contributed by atoms with Crippen LogP contribution in [0.2, 0.25) is 0 Å². The van der Waals surface area contributed by atoms with Crippen molar-refractivity contribution < 1.29 is 9.18 Å². The van der Waals surface area contributed by atoms with Crippen molar-refractivity contribution in [2.24, 2.45) is 0 Å². The van der Waals surface area contributed by atoms with Gasteiger partial charge in [-0.2, -0.15) is 0 Å². The number of aryl methyl sites for hydroxylation is 1. The predicted molar refractivity (Wildman–Crippen MR) is 62.9 cm³/mol. The lowest BCUT2D eigenvalue weighted by Gasteiger charge is -2.10. The van der Waals surface area contributed by atoms with Crippen LogP contribution in [0.25, 0.3) is 5.69 Å². The minimum Gasteiger partial charge on any atom is -0.300 e. The van der Waals surface area contributed by atoms with Crippen molar-refractivity contribution in [2.75, 3.05) is 0 Å². The van der Waals surface area contributed by atoms with E-state index in [1.165, 1.54) is 12.1 Å². The van der Waals surface area contributed by atoms with E-state index in [0.717, 1.165) is 18.7 Å². The van der Waals surface area contributed by atoms with Crippen LogP contribution in [0, 0.1) is 5.82 Å². The number of para-hydroxylation sites is 1. The minimum atomic E-state index is -0.412. The van der Waals surface area contributed by atoms with Gasteiger partial charge in [-0.15, -0.1) is 0 Å². The van der Waals surface area contributed by atoms with E-state index in [2.05, 4.69) is 4.98 Å². The quantitative estimate of drug-likeness (QED) is 0.760. The molecule has 0 spiro atoms. The van der Waals surface area contributed by atoms with Crippen LogP contribution in [0.3, 0.4) is 0 Å². The predicted octanol–water partition coefficient (Wildman–Crippen LogP) is 2.78. The Morgan fingerprint density at radius 3 is 3.00 bits per heavy atom. The topological polar surface area (TPSA) is 34.9 Å². The molecule has 0 aliphatic carbocycles. The molecule has 0 saturated heterocycles. The van der Waals surface area contributed by atoms with Crippen molar-refractivity contribution in [3.8, 4) is 5.69 Å². The molecule has 3 nitrogen and oxygen atoms in total.